The first-order valence-electron chi connectivity index (χ1n) is 6.97. The minimum Gasteiger partial charge on any atom is -0.298 e. The van der Waals surface area contributed by atoms with Crippen LogP contribution in [0.3, 0.4) is 0 Å². The fourth-order valence-electron chi connectivity index (χ4n) is 2.08. The second kappa shape index (κ2) is 5.90. The lowest BCUT2D eigenvalue weighted by molar-refractivity contribution is 0.112. The van der Waals surface area contributed by atoms with Crippen LogP contribution in [0.5, 0.6) is 0 Å². The average Bonchev–Trinajstić information content (AvgIpc) is 2.74. The normalized spacial score (nSPS) is 14.6. The van der Waals surface area contributed by atoms with Crippen molar-refractivity contribution in [1.29, 1.82) is 0 Å². The number of carbonyl (C=O) groups excluding carboxylic acids is 1. The van der Waals surface area contributed by atoms with Crippen LogP contribution in [0.25, 0.3) is 5.57 Å². The first-order valence-corrected chi connectivity index (χ1v) is 6.97. The van der Waals surface area contributed by atoms with Gasteiger partial charge in [0.1, 0.15) is 6.29 Å². The predicted molar refractivity (Wildman–Crippen MR) is 84.6 cm³/mol. The molecule has 1 aliphatic carbocycles. The average molecular weight is 264 g/mol. The van der Waals surface area contributed by atoms with Gasteiger partial charge >= 0.3 is 0 Å². The van der Waals surface area contributed by atoms with E-state index in [-0.39, 0.29) is 5.41 Å². The Labute approximate surface area is 121 Å². The molecule has 0 N–H and O–H groups in total. The zero-order valence-electron chi connectivity index (χ0n) is 12.3. The largest absolute Gasteiger partial charge is 0.298 e. The Bertz CT molecular complexity index is 618. The van der Waals surface area contributed by atoms with Crippen LogP contribution in [0.4, 0.5) is 0 Å². The summed E-state index contributed by atoms with van der Waals surface area (Å²) in [6.07, 6.45) is 10.3. The summed E-state index contributed by atoms with van der Waals surface area (Å²) in [6, 6.07) is 7.66. The Morgan fingerprint density at radius 1 is 1.20 bits per heavy atom. The predicted octanol–water partition coefficient (Wildman–Crippen LogP) is 4.97. The van der Waals surface area contributed by atoms with Gasteiger partial charge in [0.2, 0.25) is 0 Å². The molecule has 2 rings (SSSR count). The first kappa shape index (κ1) is 14.3. The van der Waals surface area contributed by atoms with Gasteiger partial charge in [-0.15, -0.1) is 5.73 Å². The second-order valence-electron chi connectivity index (χ2n) is 5.68. The van der Waals surface area contributed by atoms with Crippen LogP contribution < -0.4 is 0 Å². The molecule has 1 aromatic carbocycles. The van der Waals surface area contributed by atoms with Crippen molar-refractivity contribution in [3.8, 4) is 0 Å². The minimum absolute atomic E-state index is 0.143. The van der Waals surface area contributed by atoms with Gasteiger partial charge in [0.25, 0.3) is 0 Å². The first-order chi connectivity index (χ1) is 9.56. The summed E-state index contributed by atoms with van der Waals surface area (Å²) in [7, 11) is 0. The van der Waals surface area contributed by atoms with Crippen LogP contribution in [0.1, 0.15) is 43.1 Å². The van der Waals surface area contributed by atoms with Crippen LogP contribution in [0.15, 0.2) is 59.9 Å². The van der Waals surface area contributed by atoms with Crippen molar-refractivity contribution in [2.45, 2.75) is 27.2 Å². The lowest BCUT2D eigenvalue weighted by atomic mass is 9.80. The number of hydrogen-bond donors (Lipinski definition) is 0. The number of benzene rings is 1. The van der Waals surface area contributed by atoms with Crippen molar-refractivity contribution in [1.82, 2.24) is 0 Å². The molecular weight excluding hydrogens is 244 g/mol. The van der Waals surface area contributed by atoms with E-state index in [1.807, 2.05) is 36.4 Å². The Morgan fingerprint density at radius 3 is 2.50 bits per heavy atom. The molecule has 0 unspecified atom stereocenters. The van der Waals surface area contributed by atoms with Crippen molar-refractivity contribution in [3.63, 3.8) is 0 Å². The summed E-state index contributed by atoms with van der Waals surface area (Å²) in [5.41, 5.74) is 7.57. The fraction of sp³-hybridized carbons (Fsp3) is 0.263. The minimum atomic E-state index is 0.143. The van der Waals surface area contributed by atoms with Crippen LogP contribution in [0, 0.1) is 5.41 Å². The van der Waals surface area contributed by atoms with E-state index < -0.39 is 0 Å². The van der Waals surface area contributed by atoms with E-state index in [1.54, 1.807) is 0 Å². The SMILES string of the molecule is CCC(C)(C)C1=CC=C=CC(c2ccc(C=O)cc2)=C1. The van der Waals surface area contributed by atoms with E-state index in [1.165, 1.54) is 5.57 Å². The van der Waals surface area contributed by atoms with Gasteiger partial charge in [-0.05, 0) is 46.8 Å². The van der Waals surface area contributed by atoms with Crippen molar-refractivity contribution in [2.24, 2.45) is 5.41 Å². The highest BCUT2D eigenvalue weighted by Gasteiger charge is 2.19. The summed E-state index contributed by atoms with van der Waals surface area (Å²) in [4.78, 5) is 10.7. The quantitative estimate of drug-likeness (QED) is 0.554. The van der Waals surface area contributed by atoms with E-state index >= 15 is 0 Å². The molecule has 1 aromatic rings. The molecule has 0 amide bonds. The molecule has 0 saturated carbocycles. The Kier molecular flexibility index (Phi) is 4.22. The third kappa shape index (κ3) is 3.07. The summed E-state index contributed by atoms with van der Waals surface area (Å²) in [6.45, 7) is 6.71. The third-order valence-corrected chi connectivity index (χ3v) is 3.95. The van der Waals surface area contributed by atoms with Gasteiger partial charge in [0.05, 0.1) is 0 Å². The molecule has 0 heterocycles. The monoisotopic (exact) mass is 264 g/mol. The number of carbonyl (C=O) groups is 1. The molecule has 0 aliphatic heterocycles. The van der Waals surface area contributed by atoms with E-state index in [9.17, 15) is 4.79 Å². The maximum Gasteiger partial charge on any atom is 0.150 e. The Hall–Kier alpha value is -2.11. The number of aldehydes is 1. The van der Waals surface area contributed by atoms with Gasteiger partial charge < -0.3 is 0 Å². The number of rotatable bonds is 4. The van der Waals surface area contributed by atoms with Crippen molar-refractivity contribution in [2.75, 3.05) is 0 Å². The van der Waals surface area contributed by atoms with E-state index in [4.69, 9.17) is 0 Å². The standard InChI is InChI=1S/C19H20O/c1-4-19(2,3)18-8-6-5-7-17(13-18)16-11-9-15(14-20)10-12-16/h6-14H,4H2,1-3H3. The third-order valence-electron chi connectivity index (χ3n) is 3.95. The maximum atomic E-state index is 10.7. The zero-order chi connectivity index (χ0) is 14.6. The van der Waals surface area contributed by atoms with Gasteiger partial charge in [-0.2, -0.15) is 0 Å². The van der Waals surface area contributed by atoms with E-state index in [2.05, 4.69) is 38.7 Å². The molecular formula is C19H20O. The highest BCUT2D eigenvalue weighted by atomic mass is 16.1. The van der Waals surface area contributed by atoms with Gasteiger partial charge in [-0.1, -0.05) is 51.1 Å². The lowest BCUT2D eigenvalue weighted by Crippen LogP contribution is -2.12. The summed E-state index contributed by atoms with van der Waals surface area (Å²) in [5, 5.41) is 0. The molecule has 1 aliphatic rings. The smallest absolute Gasteiger partial charge is 0.150 e. The summed E-state index contributed by atoms with van der Waals surface area (Å²) < 4.78 is 0. The van der Waals surface area contributed by atoms with E-state index in [0.717, 1.165) is 23.8 Å². The van der Waals surface area contributed by atoms with Crippen molar-refractivity contribution < 1.29 is 4.79 Å². The van der Waals surface area contributed by atoms with Gasteiger partial charge in [0.15, 0.2) is 0 Å². The molecule has 1 nitrogen and oxygen atoms in total. The van der Waals surface area contributed by atoms with Crippen LogP contribution >= 0.6 is 0 Å². The molecule has 0 spiro atoms. The molecule has 0 fully saturated rings. The van der Waals surface area contributed by atoms with Gasteiger partial charge in [-0.25, -0.2) is 0 Å². The molecule has 0 saturated heterocycles. The molecule has 0 bridgehead atoms. The number of allylic oxidation sites excluding steroid dienone is 5. The van der Waals surface area contributed by atoms with Crippen LogP contribution in [0.2, 0.25) is 0 Å². The molecule has 20 heavy (non-hydrogen) atoms. The lowest BCUT2D eigenvalue weighted by Gasteiger charge is -2.24. The zero-order valence-corrected chi connectivity index (χ0v) is 12.3. The summed E-state index contributed by atoms with van der Waals surface area (Å²) in [5.74, 6) is 0. The Morgan fingerprint density at radius 2 is 1.90 bits per heavy atom. The van der Waals surface area contributed by atoms with Gasteiger partial charge in [-0.3, -0.25) is 4.79 Å². The molecule has 1 heteroatoms. The molecule has 102 valence electrons. The fourth-order valence-corrected chi connectivity index (χ4v) is 2.08. The van der Waals surface area contributed by atoms with Gasteiger partial charge in [0, 0.05) is 5.56 Å². The maximum absolute atomic E-state index is 10.7. The molecule has 0 atom stereocenters. The molecule has 0 radical (unpaired) electrons. The highest BCUT2D eigenvalue weighted by Crippen LogP contribution is 2.34. The Balaban J connectivity index is 2.42. The second-order valence-corrected chi connectivity index (χ2v) is 5.68. The van der Waals surface area contributed by atoms with Crippen molar-refractivity contribution in [3.05, 3.63) is 71.0 Å². The highest BCUT2D eigenvalue weighted by molar-refractivity contribution is 5.80. The summed E-state index contributed by atoms with van der Waals surface area (Å²) >= 11 is 0. The van der Waals surface area contributed by atoms with Crippen LogP contribution in [-0.2, 0) is 0 Å². The van der Waals surface area contributed by atoms with Crippen molar-refractivity contribution >= 4 is 11.9 Å². The van der Waals surface area contributed by atoms with E-state index in [0.29, 0.717) is 5.56 Å². The number of hydrogen-bond acceptors (Lipinski definition) is 1. The topological polar surface area (TPSA) is 17.1 Å². The molecule has 0 aromatic heterocycles. The van der Waals surface area contributed by atoms with Crippen LogP contribution in [-0.4, -0.2) is 6.29 Å².